The number of nitrogens with one attached hydrogen (secondary N) is 1. The summed E-state index contributed by atoms with van der Waals surface area (Å²) in [6, 6.07) is -0.857. The van der Waals surface area contributed by atoms with Gasteiger partial charge in [0.2, 0.25) is 11.8 Å². The lowest BCUT2D eigenvalue weighted by molar-refractivity contribution is -0.148. The topological polar surface area (TPSA) is 124 Å². The number of amides is 4. The Morgan fingerprint density at radius 3 is 2.37 bits per heavy atom. The Hall–Kier alpha value is -2.01. The van der Waals surface area contributed by atoms with E-state index in [9.17, 15) is 24.0 Å². The molecule has 0 radical (unpaired) electrons. The molecule has 0 unspecified atom stereocenters. The van der Waals surface area contributed by atoms with E-state index in [0.29, 0.717) is 18.7 Å². The zero-order chi connectivity index (χ0) is 22.9. The summed E-state index contributed by atoms with van der Waals surface area (Å²) in [4.78, 5) is 60.0. The molecule has 0 spiro atoms. The number of aliphatic carboxylic acids is 1. The maximum atomic E-state index is 12.1. The molecule has 11 heteroatoms. The number of nitrogens with zero attached hydrogens (tertiary/aromatic N) is 2. The van der Waals surface area contributed by atoms with E-state index in [1.54, 1.807) is 21.6 Å². The first-order chi connectivity index (χ1) is 13.9. The minimum Gasteiger partial charge on any atom is -0.480 e. The third kappa shape index (κ3) is 8.78. The van der Waals surface area contributed by atoms with E-state index in [2.05, 4.69) is 5.32 Å². The van der Waals surface area contributed by atoms with E-state index in [-0.39, 0.29) is 35.9 Å². The molecule has 30 heavy (non-hydrogen) atoms. The van der Waals surface area contributed by atoms with Gasteiger partial charge in [0.1, 0.15) is 6.04 Å². The molecule has 4 amide bonds. The smallest absolute Gasteiger partial charge is 0.326 e. The van der Waals surface area contributed by atoms with Crippen molar-refractivity contribution in [3.05, 3.63) is 12.2 Å². The zero-order valence-electron chi connectivity index (χ0n) is 17.7. The number of imide groups is 1. The van der Waals surface area contributed by atoms with Gasteiger partial charge >= 0.3 is 5.97 Å². The maximum absolute atomic E-state index is 12.1. The van der Waals surface area contributed by atoms with Gasteiger partial charge in [-0.05, 0) is 27.2 Å². The highest BCUT2D eigenvalue weighted by Gasteiger charge is 2.26. The van der Waals surface area contributed by atoms with Gasteiger partial charge in [-0.2, -0.15) is 0 Å². The summed E-state index contributed by atoms with van der Waals surface area (Å²) in [5, 5.41) is 11.7. The van der Waals surface area contributed by atoms with E-state index in [1.165, 1.54) is 31.0 Å². The molecule has 0 bridgehead atoms. The van der Waals surface area contributed by atoms with Crippen LogP contribution in [-0.4, -0.2) is 81.2 Å². The molecule has 0 aromatic rings. The minimum atomic E-state index is -1.03. The molecule has 1 atom stereocenters. The molecule has 1 heterocycles. The second-order valence-corrected chi connectivity index (χ2v) is 10.6. The van der Waals surface area contributed by atoms with Crippen LogP contribution in [-0.2, 0) is 24.0 Å². The summed E-state index contributed by atoms with van der Waals surface area (Å²) in [6.45, 7) is 6.01. The molecule has 0 aliphatic carbocycles. The predicted molar refractivity (Wildman–Crippen MR) is 117 cm³/mol. The van der Waals surface area contributed by atoms with Crippen molar-refractivity contribution in [1.82, 2.24) is 15.1 Å². The first-order valence-electron chi connectivity index (χ1n) is 9.54. The fourth-order valence-electron chi connectivity index (χ4n) is 2.39. The number of carbonyl (C=O) groups excluding carboxylic acids is 4. The highest BCUT2D eigenvalue weighted by atomic mass is 33.1. The molecule has 1 aliphatic rings. The van der Waals surface area contributed by atoms with Gasteiger partial charge in [0.05, 0.1) is 0 Å². The van der Waals surface area contributed by atoms with Crippen molar-refractivity contribution in [3.8, 4) is 0 Å². The molecule has 0 aromatic carbocycles. The van der Waals surface area contributed by atoms with E-state index < -0.39 is 23.8 Å². The third-order valence-electron chi connectivity index (χ3n) is 4.53. The summed E-state index contributed by atoms with van der Waals surface area (Å²) in [6.07, 6.45) is 3.29. The number of carbonyl (C=O) groups is 5. The number of likely N-dealkylation sites (N-methyl/N-ethyl adjacent to an activating group) is 1. The van der Waals surface area contributed by atoms with Gasteiger partial charge in [0.15, 0.2) is 0 Å². The average Bonchev–Trinajstić information content (AvgIpc) is 3.00. The Balaban J connectivity index is 2.19. The first-order valence-corrected chi connectivity index (χ1v) is 11.9. The van der Waals surface area contributed by atoms with Crippen LogP contribution in [0.5, 0.6) is 0 Å². The highest BCUT2D eigenvalue weighted by molar-refractivity contribution is 8.77. The quantitative estimate of drug-likeness (QED) is 0.240. The number of rotatable bonds is 13. The van der Waals surface area contributed by atoms with Gasteiger partial charge < -0.3 is 15.3 Å². The van der Waals surface area contributed by atoms with Gasteiger partial charge in [-0.25, -0.2) is 4.79 Å². The standard InChI is InChI=1S/C19H29N3O6S2/c1-13(18(27)28)21(4)15(24)7-9-19(2,3)30-29-12-10-20-14(23)8-11-22-16(25)5-6-17(22)26/h5-6,13H,7-12H2,1-4H3,(H,20,23)(H,27,28)/t13-/m0/s1. The van der Waals surface area contributed by atoms with Crippen molar-refractivity contribution < 1.29 is 29.1 Å². The first kappa shape index (κ1) is 26.0. The number of hydrogen-bond donors (Lipinski definition) is 2. The SMILES string of the molecule is C[C@@H](C(=O)O)N(C)C(=O)CCC(C)(C)SSCCNC(=O)CCN1C(=O)C=CC1=O. The van der Waals surface area contributed by atoms with Crippen LogP contribution in [0.2, 0.25) is 0 Å². The third-order valence-corrected chi connectivity index (χ3v) is 7.88. The van der Waals surface area contributed by atoms with Crippen LogP contribution < -0.4 is 5.32 Å². The second-order valence-electron chi connectivity index (χ2n) is 7.45. The lowest BCUT2D eigenvalue weighted by atomic mass is 10.1. The Labute approximate surface area is 184 Å². The van der Waals surface area contributed by atoms with E-state index in [4.69, 9.17) is 5.11 Å². The molecule has 9 nitrogen and oxygen atoms in total. The van der Waals surface area contributed by atoms with E-state index >= 15 is 0 Å². The van der Waals surface area contributed by atoms with Gasteiger partial charge in [0, 0.05) is 55.6 Å². The lowest BCUT2D eigenvalue weighted by Crippen LogP contribution is -2.40. The molecule has 1 aliphatic heterocycles. The van der Waals surface area contributed by atoms with Crippen LogP contribution in [0.4, 0.5) is 0 Å². The number of carboxylic acids is 1. The molecule has 168 valence electrons. The van der Waals surface area contributed by atoms with Crippen molar-refractivity contribution in [2.24, 2.45) is 0 Å². The molecule has 2 N–H and O–H groups in total. The van der Waals surface area contributed by atoms with Crippen molar-refractivity contribution in [2.45, 2.75) is 50.8 Å². The Morgan fingerprint density at radius 1 is 1.20 bits per heavy atom. The zero-order valence-corrected chi connectivity index (χ0v) is 19.3. The van der Waals surface area contributed by atoms with Crippen LogP contribution in [0.25, 0.3) is 0 Å². The fraction of sp³-hybridized carbons (Fsp3) is 0.632. The Bertz CT molecular complexity index is 692. The predicted octanol–water partition coefficient (Wildman–Crippen LogP) is 1.29. The lowest BCUT2D eigenvalue weighted by Gasteiger charge is -2.26. The molecule has 1 rings (SSSR count). The van der Waals surface area contributed by atoms with Crippen molar-refractivity contribution in [2.75, 3.05) is 25.9 Å². The average molecular weight is 460 g/mol. The molecule has 0 aromatic heterocycles. The fourth-order valence-corrected chi connectivity index (χ4v) is 4.87. The molecular formula is C19H29N3O6S2. The minimum absolute atomic E-state index is 0.0624. The summed E-state index contributed by atoms with van der Waals surface area (Å²) in [5.41, 5.74) is 0. The Morgan fingerprint density at radius 2 is 1.80 bits per heavy atom. The van der Waals surface area contributed by atoms with Crippen LogP contribution in [0.15, 0.2) is 12.2 Å². The second kappa shape index (κ2) is 12.0. The van der Waals surface area contributed by atoms with Crippen LogP contribution in [0.3, 0.4) is 0 Å². The summed E-state index contributed by atoms with van der Waals surface area (Å²) in [5.74, 6) is -1.61. The molecule has 0 saturated carbocycles. The summed E-state index contributed by atoms with van der Waals surface area (Å²) >= 11 is 0. The normalized spacial score (nSPS) is 14.7. The van der Waals surface area contributed by atoms with Crippen molar-refractivity contribution >= 4 is 51.2 Å². The molecular weight excluding hydrogens is 430 g/mol. The van der Waals surface area contributed by atoms with Crippen molar-refractivity contribution in [3.63, 3.8) is 0 Å². The summed E-state index contributed by atoms with van der Waals surface area (Å²) < 4.78 is -0.193. The monoisotopic (exact) mass is 459 g/mol. The molecule has 0 fully saturated rings. The van der Waals surface area contributed by atoms with Gasteiger partial charge in [-0.1, -0.05) is 21.6 Å². The maximum Gasteiger partial charge on any atom is 0.326 e. The largest absolute Gasteiger partial charge is 0.480 e. The van der Waals surface area contributed by atoms with E-state index in [0.717, 1.165) is 4.90 Å². The van der Waals surface area contributed by atoms with Crippen LogP contribution in [0, 0.1) is 0 Å². The summed E-state index contributed by atoms with van der Waals surface area (Å²) in [7, 11) is 4.67. The number of carboxylic acid groups (broad SMARTS) is 1. The van der Waals surface area contributed by atoms with Crippen molar-refractivity contribution in [1.29, 1.82) is 0 Å². The van der Waals surface area contributed by atoms with Gasteiger partial charge in [-0.3, -0.25) is 24.1 Å². The number of hydrogen-bond acceptors (Lipinski definition) is 7. The highest BCUT2D eigenvalue weighted by Crippen LogP contribution is 2.38. The van der Waals surface area contributed by atoms with E-state index in [1.807, 2.05) is 13.8 Å². The van der Waals surface area contributed by atoms with Crippen LogP contribution >= 0.6 is 21.6 Å². The Kier molecular flexibility index (Phi) is 10.4. The molecule has 0 saturated heterocycles. The van der Waals surface area contributed by atoms with Gasteiger partial charge in [0.25, 0.3) is 11.8 Å². The van der Waals surface area contributed by atoms with Gasteiger partial charge in [-0.15, -0.1) is 0 Å². The van der Waals surface area contributed by atoms with Crippen LogP contribution in [0.1, 0.15) is 40.0 Å².